The van der Waals surface area contributed by atoms with E-state index in [1.807, 2.05) is 0 Å². The molecule has 2 rings (SSSR count). The van der Waals surface area contributed by atoms with Crippen LogP contribution in [0.1, 0.15) is 5.69 Å². The summed E-state index contributed by atoms with van der Waals surface area (Å²) in [4.78, 5) is 8.00. The van der Waals surface area contributed by atoms with Gasteiger partial charge in [0, 0.05) is 5.38 Å². The molecule has 2 heterocycles. The molecule has 2 aromatic rings. The monoisotopic (exact) mass is 210 g/mol. The van der Waals surface area contributed by atoms with Crippen molar-refractivity contribution in [2.45, 2.75) is 6.61 Å². The maximum atomic E-state index is 12.6. The molecule has 72 valence electrons. The summed E-state index contributed by atoms with van der Waals surface area (Å²) in [6, 6.07) is 2.90. The predicted octanol–water partition coefficient (Wildman–Crippen LogP) is 1.84. The van der Waals surface area contributed by atoms with Gasteiger partial charge in [-0.3, -0.25) is 4.98 Å². The smallest absolute Gasteiger partial charge is 0.142 e. The van der Waals surface area contributed by atoms with Gasteiger partial charge in [0.25, 0.3) is 0 Å². The lowest BCUT2D eigenvalue weighted by Gasteiger charge is -1.93. The quantitative estimate of drug-likeness (QED) is 0.822. The molecular formula is C9H7FN2OS. The Morgan fingerprint density at radius 3 is 2.86 bits per heavy atom. The van der Waals surface area contributed by atoms with Crippen molar-refractivity contribution in [2.24, 2.45) is 0 Å². The van der Waals surface area contributed by atoms with Crippen LogP contribution in [0, 0.1) is 5.82 Å². The number of nitrogens with zero attached hydrogens (tertiary/aromatic N) is 2. The summed E-state index contributed by atoms with van der Waals surface area (Å²) in [6.07, 6.45) is 1.15. The lowest BCUT2D eigenvalue weighted by atomic mass is 10.3. The standard InChI is InChI=1S/C9H7FN2OS/c10-6-1-2-8(11-3-6)9-12-7(4-13)5-14-9/h1-3,5,13H,4H2. The van der Waals surface area contributed by atoms with Crippen LogP contribution < -0.4 is 0 Å². The maximum absolute atomic E-state index is 12.6. The van der Waals surface area contributed by atoms with E-state index in [4.69, 9.17) is 5.11 Å². The first kappa shape index (κ1) is 9.23. The molecule has 0 saturated heterocycles. The molecule has 0 aliphatic carbocycles. The molecule has 0 spiro atoms. The highest BCUT2D eigenvalue weighted by Gasteiger charge is 2.04. The van der Waals surface area contributed by atoms with Crippen LogP contribution in [-0.2, 0) is 6.61 Å². The fourth-order valence-electron chi connectivity index (χ4n) is 1.000. The first-order chi connectivity index (χ1) is 6.79. The van der Waals surface area contributed by atoms with Crippen molar-refractivity contribution in [3.8, 4) is 10.7 Å². The second kappa shape index (κ2) is 3.81. The Balaban J connectivity index is 2.34. The fourth-order valence-corrected chi connectivity index (χ4v) is 1.79. The van der Waals surface area contributed by atoms with Gasteiger partial charge in [-0.05, 0) is 12.1 Å². The minimum atomic E-state index is -0.368. The van der Waals surface area contributed by atoms with Gasteiger partial charge in [-0.1, -0.05) is 0 Å². The number of rotatable bonds is 2. The van der Waals surface area contributed by atoms with Gasteiger partial charge >= 0.3 is 0 Å². The SMILES string of the molecule is OCc1csc(-c2ccc(F)cn2)n1. The van der Waals surface area contributed by atoms with E-state index in [0.717, 1.165) is 6.20 Å². The van der Waals surface area contributed by atoms with Gasteiger partial charge in [-0.2, -0.15) is 0 Å². The third kappa shape index (κ3) is 1.78. The van der Waals surface area contributed by atoms with Crippen LogP contribution >= 0.6 is 11.3 Å². The molecule has 0 aliphatic rings. The van der Waals surface area contributed by atoms with E-state index in [9.17, 15) is 4.39 Å². The van der Waals surface area contributed by atoms with Gasteiger partial charge in [0.1, 0.15) is 10.8 Å². The van der Waals surface area contributed by atoms with Gasteiger partial charge in [0.05, 0.1) is 24.2 Å². The lowest BCUT2D eigenvalue weighted by Crippen LogP contribution is -1.85. The third-order valence-corrected chi connectivity index (χ3v) is 2.57. The Morgan fingerprint density at radius 2 is 2.29 bits per heavy atom. The molecule has 0 aromatic carbocycles. The molecule has 1 N–H and O–H groups in total. The largest absolute Gasteiger partial charge is 0.390 e. The van der Waals surface area contributed by atoms with Crippen molar-refractivity contribution in [3.05, 3.63) is 35.2 Å². The second-order valence-electron chi connectivity index (χ2n) is 2.66. The summed E-state index contributed by atoms with van der Waals surface area (Å²) in [5, 5.41) is 11.2. The fraction of sp³-hybridized carbons (Fsp3) is 0.111. The maximum Gasteiger partial charge on any atom is 0.142 e. The molecule has 2 aromatic heterocycles. The van der Waals surface area contributed by atoms with E-state index >= 15 is 0 Å². The first-order valence-corrected chi connectivity index (χ1v) is 4.85. The Labute approximate surface area is 83.9 Å². The van der Waals surface area contributed by atoms with Crippen LogP contribution in [0.15, 0.2) is 23.7 Å². The van der Waals surface area contributed by atoms with Crippen LogP contribution in [0.3, 0.4) is 0 Å². The Morgan fingerprint density at radius 1 is 1.43 bits per heavy atom. The van der Waals surface area contributed by atoms with Crippen molar-refractivity contribution in [1.82, 2.24) is 9.97 Å². The highest BCUT2D eigenvalue weighted by molar-refractivity contribution is 7.13. The number of hydrogen-bond acceptors (Lipinski definition) is 4. The van der Waals surface area contributed by atoms with E-state index in [2.05, 4.69) is 9.97 Å². The minimum Gasteiger partial charge on any atom is -0.390 e. The summed E-state index contributed by atoms with van der Waals surface area (Å²) in [5.41, 5.74) is 1.23. The van der Waals surface area contributed by atoms with Crippen LogP contribution in [0.25, 0.3) is 10.7 Å². The highest BCUT2D eigenvalue weighted by atomic mass is 32.1. The van der Waals surface area contributed by atoms with Gasteiger partial charge in [0.2, 0.25) is 0 Å². The van der Waals surface area contributed by atoms with Crippen molar-refractivity contribution < 1.29 is 9.50 Å². The average molecular weight is 210 g/mol. The van der Waals surface area contributed by atoms with Crippen molar-refractivity contribution >= 4 is 11.3 Å². The molecule has 14 heavy (non-hydrogen) atoms. The van der Waals surface area contributed by atoms with Crippen molar-refractivity contribution in [1.29, 1.82) is 0 Å². The molecule has 5 heteroatoms. The molecular weight excluding hydrogens is 203 g/mol. The summed E-state index contributed by atoms with van der Waals surface area (Å²) in [7, 11) is 0. The van der Waals surface area contributed by atoms with E-state index in [0.29, 0.717) is 16.4 Å². The van der Waals surface area contributed by atoms with E-state index in [1.165, 1.54) is 17.4 Å². The van der Waals surface area contributed by atoms with E-state index in [1.54, 1.807) is 11.4 Å². The molecule has 0 bridgehead atoms. The van der Waals surface area contributed by atoms with Crippen LogP contribution in [0.5, 0.6) is 0 Å². The van der Waals surface area contributed by atoms with Gasteiger partial charge in [0.15, 0.2) is 0 Å². The lowest BCUT2D eigenvalue weighted by molar-refractivity contribution is 0.278. The Hall–Kier alpha value is -1.33. The molecule has 0 aliphatic heterocycles. The summed E-state index contributed by atoms with van der Waals surface area (Å²) in [6.45, 7) is -0.0856. The van der Waals surface area contributed by atoms with Gasteiger partial charge in [-0.15, -0.1) is 11.3 Å². The molecule has 0 amide bonds. The van der Waals surface area contributed by atoms with Gasteiger partial charge < -0.3 is 5.11 Å². The predicted molar refractivity (Wildman–Crippen MR) is 51.2 cm³/mol. The normalized spacial score (nSPS) is 10.4. The zero-order chi connectivity index (χ0) is 9.97. The Bertz CT molecular complexity index is 427. The number of halogens is 1. The summed E-state index contributed by atoms with van der Waals surface area (Å²) >= 11 is 1.38. The van der Waals surface area contributed by atoms with Crippen LogP contribution in [0.4, 0.5) is 4.39 Å². The highest BCUT2D eigenvalue weighted by Crippen LogP contribution is 2.21. The number of thiazole rings is 1. The number of aliphatic hydroxyl groups excluding tert-OH is 1. The van der Waals surface area contributed by atoms with Gasteiger partial charge in [-0.25, -0.2) is 9.37 Å². The van der Waals surface area contributed by atoms with E-state index < -0.39 is 0 Å². The minimum absolute atomic E-state index is 0.0856. The molecule has 0 fully saturated rings. The summed E-state index contributed by atoms with van der Waals surface area (Å²) < 4.78 is 12.6. The van der Waals surface area contributed by atoms with E-state index in [-0.39, 0.29) is 12.4 Å². The molecule has 0 saturated carbocycles. The topological polar surface area (TPSA) is 46.0 Å². The number of pyridine rings is 1. The number of aliphatic hydroxyl groups is 1. The van der Waals surface area contributed by atoms with Crippen LogP contribution in [-0.4, -0.2) is 15.1 Å². The average Bonchev–Trinajstić information content (AvgIpc) is 2.67. The zero-order valence-electron chi connectivity index (χ0n) is 7.14. The molecule has 0 radical (unpaired) electrons. The van der Waals surface area contributed by atoms with Crippen molar-refractivity contribution in [3.63, 3.8) is 0 Å². The molecule has 0 unspecified atom stereocenters. The first-order valence-electron chi connectivity index (χ1n) is 3.97. The van der Waals surface area contributed by atoms with Crippen molar-refractivity contribution in [2.75, 3.05) is 0 Å². The van der Waals surface area contributed by atoms with Crippen LogP contribution in [0.2, 0.25) is 0 Å². The molecule has 0 atom stereocenters. The zero-order valence-corrected chi connectivity index (χ0v) is 7.96. The third-order valence-electron chi connectivity index (χ3n) is 1.66. The summed E-state index contributed by atoms with van der Waals surface area (Å²) in [5.74, 6) is -0.368. The Kier molecular flexibility index (Phi) is 2.51. The number of aromatic nitrogens is 2. The number of hydrogen-bond donors (Lipinski definition) is 1. The molecule has 3 nitrogen and oxygen atoms in total. The second-order valence-corrected chi connectivity index (χ2v) is 3.52.